The minimum atomic E-state index is -0.441. The molecule has 0 aliphatic rings. The van der Waals surface area contributed by atoms with E-state index in [1.54, 1.807) is 80.0 Å². The Kier molecular flexibility index (Phi) is 7.73. The topological polar surface area (TPSA) is 102 Å². The van der Waals surface area contributed by atoms with Crippen LogP contribution in [0, 0.1) is 11.8 Å². The third-order valence-electron chi connectivity index (χ3n) is 5.00. The average Bonchev–Trinajstić information content (AvgIpc) is 2.89. The maximum atomic E-state index is 12.5. The molecule has 0 unspecified atom stereocenters. The van der Waals surface area contributed by atoms with Gasteiger partial charge in [-0.3, -0.25) is 14.6 Å². The Morgan fingerprint density at radius 3 is 2.50 bits per heavy atom. The molecule has 8 nitrogen and oxygen atoms in total. The molecule has 36 heavy (non-hydrogen) atoms. The van der Waals surface area contributed by atoms with Crippen LogP contribution in [0.3, 0.4) is 0 Å². The van der Waals surface area contributed by atoms with Crippen LogP contribution in [-0.2, 0) is 4.79 Å². The van der Waals surface area contributed by atoms with Gasteiger partial charge in [-0.2, -0.15) is 0 Å². The quantitative estimate of drug-likeness (QED) is 0.326. The molecule has 0 aliphatic heterocycles. The second-order valence-corrected chi connectivity index (χ2v) is 7.65. The maximum absolute atomic E-state index is 12.5. The van der Waals surface area contributed by atoms with Crippen molar-refractivity contribution in [3.05, 3.63) is 78.6 Å². The number of carbonyl (C=O) groups excluding carboxylic acids is 2. The Morgan fingerprint density at radius 1 is 0.944 bits per heavy atom. The Morgan fingerprint density at radius 2 is 1.78 bits per heavy atom. The fraction of sp³-hybridized carbons (Fsp3) is 0.143. The highest BCUT2D eigenvalue weighted by molar-refractivity contribution is 6.06. The molecule has 2 aromatic carbocycles. The molecular formula is C28H24N4O4. The fourth-order valence-electron chi connectivity index (χ4n) is 3.36. The third-order valence-corrected chi connectivity index (χ3v) is 5.00. The summed E-state index contributed by atoms with van der Waals surface area (Å²) in [5, 5.41) is 6.20. The summed E-state index contributed by atoms with van der Waals surface area (Å²) in [4.78, 5) is 33.1. The summed E-state index contributed by atoms with van der Waals surface area (Å²) in [6.07, 6.45) is 4.06. The van der Waals surface area contributed by atoms with Gasteiger partial charge < -0.3 is 20.1 Å². The summed E-state index contributed by atoms with van der Waals surface area (Å²) in [7, 11) is 0. The molecular weight excluding hydrogens is 456 g/mol. The van der Waals surface area contributed by atoms with Crippen molar-refractivity contribution in [3.63, 3.8) is 0 Å². The number of hydrogen-bond donors (Lipinski definition) is 2. The molecule has 8 heteroatoms. The van der Waals surface area contributed by atoms with Gasteiger partial charge in [-0.1, -0.05) is 18.9 Å². The highest BCUT2D eigenvalue weighted by Gasteiger charge is 2.14. The first kappa shape index (κ1) is 24.2. The number of ether oxygens (including phenoxy) is 2. The van der Waals surface area contributed by atoms with Crippen LogP contribution in [0.1, 0.15) is 30.6 Å². The van der Waals surface area contributed by atoms with Crippen LogP contribution in [0.25, 0.3) is 10.9 Å². The number of aromatic nitrogens is 2. The highest BCUT2D eigenvalue weighted by Crippen LogP contribution is 2.36. The first-order valence-corrected chi connectivity index (χ1v) is 11.4. The van der Waals surface area contributed by atoms with Gasteiger partial charge in [0.1, 0.15) is 23.1 Å². The molecule has 0 saturated heterocycles. The molecule has 0 saturated carbocycles. The largest absolute Gasteiger partial charge is 0.491 e. The lowest BCUT2D eigenvalue weighted by atomic mass is 10.1. The predicted octanol–water partition coefficient (Wildman–Crippen LogP) is 5.43. The number of pyridine rings is 2. The molecule has 0 radical (unpaired) electrons. The molecule has 2 N–H and O–H groups in total. The number of rotatable bonds is 8. The van der Waals surface area contributed by atoms with E-state index >= 15 is 0 Å². The SMILES string of the molecule is CC#CC(=O)Nc1cc2c(Oc3ccc(C(=O)Nc4ccccn4)cc3)ccnc2cc1OCCC. The zero-order valence-corrected chi connectivity index (χ0v) is 19.9. The number of nitrogens with zero attached hydrogens (tertiary/aromatic N) is 2. The number of anilines is 2. The molecule has 0 atom stereocenters. The van der Waals surface area contributed by atoms with Crippen molar-refractivity contribution in [1.29, 1.82) is 0 Å². The maximum Gasteiger partial charge on any atom is 0.300 e. The van der Waals surface area contributed by atoms with Gasteiger partial charge in [-0.15, -0.1) is 0 Å². The van der Waals surface area contributed by atoms with Gasteiger partial charge in [-0.25, -0.2) is 4.98 Å². The molecule has 0 fully saturated rings. The summed E-state index contributed by atoms with van der Waals surface area (Å²) in [6, 6.07) is 17.3. The smallest absolute Gasteiger partial charge is 0.300 e. The molecule has 180 valence electrons. The zero-order chi connectivity index (χ0) is 25.3. The van der Waals surface area contributed by atoms with E-state index in [2.05, 4.69) is 32.4 Å². The predicted molar refractivity (Wildman–Crippen MR) is 138 cm³/mol. The third kappa shape index (κ3) is 5.96. The van der Waals surface area contributed by atoms with Crippen LogP contribution in [0.2, 0.25) is 0 Å². The normalized spacial score (nSPS) is 10.2. The van der Waals surface area contributed by atoms with Gasteiger partial charge >= 0.3 is 0 Å². The van der Waals surface area contributed by atoms with E-state index < -0.39 is 5.91 Å². The lowest BCUT2D eigenvalue weighted by Gasteiger charge is -2.14. The molecule has 4 rings (SSSR count). The second kappa shape index (κ2) is 11.5. The van der Waals surface area contributed by atoms with E-state index in [0.717, 1.165) is 6.42 Å². The van der Waals surface area contributed by atoms with Gasteiger partial charge in [-0.05, 0) is 67.8 Å². The van der Waals surface area contributed by atoms with Crippen molar-refractivity contribution in [3.8, 4) is 29.1 Å². The number of carbonyl (C=O) groups is 2. The van der Waals surface area contributed by atoms with Gasteiger partial charge in [0.05, 0.1) is 17.8 Å². The summed E-state index contributed by atoms with van der Waals surface area (Å²) < 4.78 is 11.9. The summed E-state index contributed by atoms with van der Waals surface area (Å²) in [5.74, 6) is 6.38. The standard InChI is InChI=1S/C28H24N4O4/c1-3-7-27(33)31-23-17-21-22(18-25(23)35-16-4-2)29-15-13-24(21)36-20-11-9-19(10-12-20)28(34)32-26-8-5-6-14-30-26/h5-6,8-15,17-18H,4,16H2,1-2H3,(H,31,33)(H,30,32,34). The number of fused-ring (bicyclic) bond motifs is 1. The van der Waals surface area contributed by atoms with Gasteiger partial charge in [0, 0.05) is 29.4 Å². The first-order valence-electron chi connectivity index (χ1n) is 11.4. The minimum Gasteiger partial charge on any atom is -0.491 e. The average molecular weight is 481 g/mol. The van der Waals surface area contributed by atoms with Crippen molar-refractivity contribution in [2.24, 2.45) is 0 Å². The summed E-state index contributed by atoms with van der Waals surface area (Å²) in [5.41, 5.74) is 1.58. The van der Waals surface area contributed by atoms with Crippen molar-refractivity contribution >= 4 is 34.2 Å². The first-order chi connectivity index (χ1) is 17.6. The van der Waals surface area contributed by atoms with E-state index in [1.165, 1.54) is 0 Å². The Bertz CT molecular complexity index is 1440. The summed E-state index contributed by atoms with van der Waals surface area (Å²) in [6.45, 7) is 4.08. The highest BCUT2D eigenvalue weighted by atomic mass is 16.5. The van der Waals surface area contributed by atoms with Gasteiger partial charge in [0.2, 0.25) is 0 Å². The zero-order valence-electron chi connectivity index (χ0n) is 19.9. The minimum absolute atomic E-state index is 0.273. The fourth-order valence-corrected chi connectivity index (χ4v) is 3.36. The number of nitrogens with one attached hydrogen (secondary N) is 2. The Balaban J connectivity index is 1.59. The van der Waals surface area contributed by atoms with E-state index in [9.17, 15) is 9.59 Å². The van der Waals surface area contributed by atoms with Crippen LogP contribution >= 0.6 is 0 Å². The van der Waals surface area contributed by atoms with Crippen LogP contribution in [-0.4, -0.2) is 28.4 Å². The van der Waals surface area contributed by atoms with Crippen LogP contribution in [0.15, 0.2) is 73.1 Å². The van der Waals surface area contributed by atoms with Crippen LogP contribution < -0.4 is 20.1 Å². The number of benzene rings is 2. The Hall–Kier alpha value is -4.90. The monoisotopic (exact) mass is 480 g/mol. The lowest BCUT2D eigenvalue weighted by Crippen LogP contribution is -2.12. The molecule has 2 heterocycles. The van der Waals surface area contributed by atoms with E-state index in [1.807, 2.05) is 6.92 Å². The molecule has 0 spiro atoms. The Labute approximate surface area is 208 Å². The molecule has 2 amide bonds. The number of amides is 2. The summed E-state index contributed by atoms with van der Waals surface area (Å²) >= 11 is 0. The number of hydrogen-bond acceptors (Lipinski definition) is 6. The van der Waals surface area contributed by atoms with Gasteiger partial charge in [0.25, 0.3) is 11.8 Å². The lowest BCUT2D eigenvalue weighted by molar-refractivity contribution is -0.111. The molecule has 4 aromatic rings. The molecule has 0 aliphatic carbocycles. The van der Waals surface area contributed by atoms with Gasteiger partial charge in [0.15, 0.2) is 0 Å². The van der Waals surface area contributed by atoms with Crippen LogP contribution in [0.5, 0.6) is 17.2 Å². The molecule has 2 aromatic heterocycles. The second-order valence-electron chi connectivity index (χ2n) is 7.65. The van der Waals surface area contributed by atoms with Crippen LogP contribution in [0.4, 0.5) is 11.5 Å². The van der Waals surface area contributed by atoms with Crippen molar-refractivity contribution < 1.29 is 19.1 Å². The van der Waals surface area contributed by atoms with E-state index in [4.69, 9.17) is 9.47 Å². The van der Waals surface area contributed by atoms with Crippen molar-refractivity contribution in [2.75, 3.05) is 17.2 Å². The van der Waals surface area contributed by atoms with Crippen molar-refractivity contribution in [2.45, 2.75) is 20.3 Å². The molecule has 0 bridgehead atoms. The van der Waals surface area contributed by atoms with Crippen molar-refractivity contribution in [1.82, 2.24) is 9.97 Å². The van der Waals surface area contributed by atoms with E-state index in [-0.39, 0.29) is 5.91 Å². The van der Waals surface area contributed by atoms with E-state index in [0.29, 0.717) is 51.8 Å².